The summed E-state index contributed by atoms with van der Waals surface area (Å²) < 4.78 is 1.91. The lowest BCUT2D eigenvalue weighted by Gasteiger charge is -2.08. The molecule has 0 aromatic heterocycles. The molecule has 1 aliphatic carbocycles. The molecule has 0 heterocycles. The molecule has 15 heavy (non-hydrogen) atoms. The van der Waals surface area contributed by atoms with Crippen molar-refractivity contribution in [3.05, 3.63) is 32.7 Å². The van der Waals surface area contributed by atoms with E-state index in [2.05, 4.69) is 31.9 Å². The molecule has 80 valence electrons. The lowest BCUT2D eigenvalue weighted by molar-refractivity contribution is 0.0922. The Hall–Kier alpha value is -0.150. The molecule has 1 fully saturated rings. The molecule has 0 amide bonds. The maximum Gasteiger partial charge on any atom is 0.166 e. The summed E-state index contributed by atoms with van der Waals surface area (Å²) >= 11 is 6.82. The van der Waals surface area contributed by atoms with Crippen molar-refractivity contribution >= 4 is 37.6 Å². The average Bonchev–Trinajstić information content (AvgIpc) is 2.67. The number of hydrogen-bond acceptors (Lipinski definition) is 1. The first-order valence-corrected chi connectivity index (χ1v) is 6.76. The van der Waals surface area contributed by atoms with E-state index in [1.807, 2.05) is 18.2 Å². The lowest BCUT2D eigenvalue weighted by atomic mass is 9.96. The van der Waals surface area contributed by atoms with Crippen LogP contribution in [0.5, 0.6) is 0 Å². The molecule has 0 unspecified atom stereocenters. The first-order valence-electron chi connectivity index (χ1n) is 5.17. The Morgan fingerprint density at radius 2 is 1.60 bits per heavy atom. The number of rotatable bonds is 2. The Morgan fingerprint density at radius 1 is 1.07 bits per heavy atom. The normalized spacial score (nSPS) is 16.9. The molecule has 1 aromatic rings. The molecule has 3 heteroatoms. The van der Waals surface area contributed by atoms with Crippen LogP contribution in [0, 0.1) is 5.92 Å². The SMILES string of the molecule is O=C(c1cc(Br)cc(Br)c1)C1CCCC1. The van der Waals surface area contributed by atoms with E-state index >= 15 is 0 Å². The number of Topliss-reactive ketones (excluding diaryl/α,β-unsaturated/α-hetero) is 1. The minimum atomic E-state index is 0.256. The Bertz CT molecular complexity index is 361. The van der Waals surface area contributed by atoms with Gasteiger partial charge in [-0.3, -0.25) is 4.79 Å². The van der Waals surface area contributed by atoms with Crippen LogP contribution in [-0.2, 0) is 0 Å². The van der Waals surface area contributed by atoms with Crippen LogP contribution in [0.2, 0.25) is 0 Å². The van der Waals surface area contributed by atoms with Crippen molar-refractivity contribution < 1.29 is 4.79 Å². The quantitative estimate of drug-likeness (QED) is 0.725. The molecule has 0 saturated heterocycles. The van der Waals surface area contributed by atoms with Crippen molar-refractivity contribution in [3.63, 3.8) is 0 Å². The predicted octanol–water partition coefficient (Wildman–Crippen LogP) is 4.58. The van der Waals surface area contributed by atoms with Gasteiger partial charge in [0.15, 0.2) is 5.78 Å². The van der Waals surface area contributed by atoms with E-state index in [1.54, 1.807) is 0 Å². The van der Waals surface area contributed by atoms with Crippen molar-refractivity contribution in [3.8, 4) is 0 Å². The summed E-state index contributed by atoms with van der Waals surface area (Å²) in [5, 5.41) is 0. The largest absolute Gasteiger partial charge is 0.294 e. The summed E-state index contributed by atoms with van der Waals surface area (Å²) in [7, 11) is 0. The van der Waals surface area contributed by atoms with Gasteiger partial charge in [0.25, 0.3) is 0 Å². The number of carbonyl (C=O) groups excluding carboxylic acids is 1. The second-order valence-corrected chi connectivity index (χ2v) is 5.84. The molecule has 0 radical (unpaired) electrons. The highest BCUT2D eigenvalue weighted by Gasteiger charge is 2.23. The molecule has 0 atom stereocenters. The summed E-state index contributed by atoms with van der Waals surface area (Å²) in [5.41, 5.74) is 0.822. The fourth-order valence-electron chi connectivity index (χ4n) is 2.12. The first kappa shape index (κ1) is 11.3. The maximum atomic E-state index is 12.1. The minimum Gasteiger partial charge on any atom is -0.294 e. The summed E-state index contributed by atoms with van der Waals surface area (Å²) in [6.07, 6.45) is 4.52. The molecule has 0 aliphatic heterocycles. The highest BCUT2D eigenvalue weighted by Crippen LogP contribution is 2.30. The van der Waals surface area contributed by atoms with Crippen LogP contribution in [0.3, 0.4) is 0 Å². The van der Waals surface area contributed by atoms with Crippen LogP contribution in [0.25, 0.3) is 0 Å². The topological polar surface area (TPSA) is 17.1 Å². The van der Waals surface area contributed by atoms with Gasteiger partial charge in [-0.25, -0.2) is 0 Å². The second kappa shape index (κ2) is 4.79. The fourth-order valence-corrected chi connectivity index (χ4v) is 3.41. The molecule has 1 saturated carbocycles. The van der Waals surface area contributed by atoms with Gasteiger partial charge in [-0.1, -0.05) is 44.7 Å². The Labute approximate surface area is 107 Å². The molecule has 0 spiro atoms. The van der Waals surface area contributed by atoms with Gasteiger partial charge in [-0.05, 0) is 31.0 Å². The summed E-state index contributed by atoms with van der Waals surface area (Å²) in [6.45, 7) is 0. The van der Waals surface area contributed by atoms with Gasteiger partial charge >= 0.3 is 0 Å². The zero-order chi connectivity index (χ0) is 10.8. The van der Waals surface area contributed by atoms with Crippen molar-refractivity contribution in [2.45, 2.75) is 25.7 Å². The van der Waals surface area contributed by atoms with E-state index in [0.717, 1.165) is 27.4 Å². The van der Waals surface area contributed by atoms with Gasteiger partial charge < -0.3 is 0 Å². The van der Waals surface area contributed by atoms with Gasteiger partial charge in [0, 0.05) is 20.4 Å². The monoisotopic (exact) mass is 330 g/mol. The smallest absolute Gasteiger partial charge is 0.166 e. The molecule has 1 aliphatic rings. The minimum absolute atomic E-state index is 0.256. The number of halogens is 2. The lowest BCUT2D eigenvalue weighted by Crippen LogP contribution is -2.10. The molecule has 0 N–H and O–H groups in total. The highest BCUT2D eigenvalue weighted by molar-refractivity contribution is 9.11. The summed E-state index contributed by atoms with van der Waals surface area (Å²) in [5.74, 6) is 0.556. The van der Waals surface area contributed by atoms with Crippen molar-refractivity contribution in [2.75, 3.05) is 0 Å². The second-order valence-electron chi connectivity index (χ2n) is 4.00. The molecular weight excluding hydrogens is 320 g/mol. The van der Waals surface area contributed by atoms with Crippen LogP contribution in [0.1, 0.15) is 36.0 Å². The average molecular weight is 332 g/mol. The van der Waals surface area contributed by atoms with Gasteiger partial charge in [0.05, 0.1) is 0 Å². The third-order valence-electron chi connectivity index (χ3n) is 2.87. The zero-order valence-corrected chi connectivity index (χ0v) is 11.5. The van der Waals surface area contributed by atoms with Gasteiger partial charge in [0.2, 0.25) is 0 Å². The van der Waals surface area contributed by atoms with E-state index < -0.39 is 0 Å². The van der Waals surface area contributed by atoms with E-state index in [-0.39, 0.29) is 5.92 Å². The van der Waals surface area contributed by atoms with Crippen LogP contribution in [0.15, 0.2) is 27.1 Å². The van der Waals surface area contributed by atoms with Crippen LogP contribution in [0.4, 0.5) is 0 Å². The standard InChI is InChI=1S/C12H12Br2O/c13-10-5-9(6-11(14)7-10)12(15)8-3-1-2-4-8/h5-8H,1-4H2. The van der Waals surface area contributed by atoms with E-state index in [1.165, 1.54) is 12.8 Å². The number of benzene rings is 1. The van der Waals surface area contributed by atoms with Crippen LogP contribution >= 0.6 is 31.9 Å². The van der Waals surface area contributed by atoms with Gasteiger partial charge in [0.1, 0.15) is 0 Å². The van der Waals surface area contributed by atoms with E-state index in [9.17, 15) is 4.79 Å². The number of carbonyl (C=O) groups is 1. The molecule has 1 aromatic carbocycles. The number of hydrogen-bond donors (Lipinski definition) is 0. The zero-order valence-electron chi connectivity index (χ0n) is 8.30. The van der Waals surface area contributed by atoms with Crippen molar-refractivity contribution in [1.82, 2.24) is 0 Å². The highest BCUT2D eigenvalue weighted by atomic mass is 79.9. The first-order chi connectivity index (χ1) is 7.16. The Morgan fingerprint density at radius 3 is 2.13 bits per heavy atom. The third-order valence-corrected chi connectivity index (χ3v) is 3.79. The predicted molar refractivity (Wildman–Crippen MR) is 68.1 cm³/mol. The molecule has 0 bridgehead atoms. The van der Waals surface area contributed by atoms with Crippen LogP contribution < -0.4 is 0 Å². The van der Waals surface area contributed by atoms with Crippen molar-refractivity contribution in [2.24, 2.45) is 5.92 Å². The van der Waals surface area contributed by atoms with Crippen molar-refractivity contribution in [1.29, 1.82) is 0 Å². The summed E-state index contributed by atoms with van der Waals surface area (Å²) in [6, 6.07) is 5.77. The van der Waals surface area contributed by atoms with E-state index in [4.69, 9.17) is 0 Å². The Kier molecular flexibility index (Phi) is 3.62. The molecule has 1 nitrogen and oxygen atoms in total. The van der Waals surface area contributed by atoms with Gasteiger partial charge in [-0.2, -0.15) is 0 Å². The van der Waals surface area contributed by atoms with E-state index in [0.29, 0.717) is 5.78 Å². The number of ketones is 1. The van der Waals surface area contributed by atoms with Gasteiger partial charge in [-0.15, -0.1) is 0 Å². The maximum absolute atomic E-state index is 12.1. The summed E-state index contributed by atoms with van der Waals surface area (Å²) in [4.78, 5) is 12.1. The van der Waals surface area contributed by atoms with Crippen LogP contribution in [-0.4, -0.2) is 5.78 Å². The Balaban J connectivity index is 2.24. The fraction of sp³-hybridized carbons (Fsp3) is 0.417. The molecular formula is C12H12Br2O. The molecule has 2 rings (SSSR count). The third kappa shape index (κ3) is 2.70.